The fourth-order valence-corrected chi connectivity index (χ4v) is 2.01. The number of carbonyl (C=O) groups excluding carboxylic acids is 1. The molecular formula is C17H13FN4O2. The molecule has 0 radical (unpaired) electrons. The van der Waals surface area contributed by atoms with Crippen molar-refractivity contribution in [3.05, 3.63) is 72.2 Å². The molecule has 3 heterocycles. The average Bonchev–Trinajstić information content (AvgIpc) is 2.55. The van der Waals surface area contributed by atoms with Gasteiger partial charge in [-0.2, -0.15) is 4.39 Å². The summed E-state index contributed by atoms with van der Waals surface area (Å²) in [6, 6.07) is 10.8. The van der Waals surface area contributed by atoms with Gasteiger partial charge in [0.15, 0.2) is 0 Å². The van der Waals surface area contributed by atoms with Gasteiger partial charge < -0.3 is 10.1 Å². The van der Waals surface area contributed by atoms with E-state index in [1.807, 2.05) is 0 Å². The Labute approximate surface area is 137 Å². The van der Waals surface area contributed by atoms with E-state index in [0.29, 0.717) is 17.2 Å². The van der Waals surface area contributed by atoms with Gasteiger partial charge in [0.05, 0.1) is 6.20 Å². The minimum atomic E-state index is -0.675. The van der Waals surface area contributed by atoms with Gasteiger partial charge in [0, 0.05) is 24.0 Å². The summed E-state index contributed by atoms with van der Waals surface area (Å²) < 4.78 is 18.7. The Hall–Kier alpha value is -3.35. The molecule has 0 unspecified atom stereocenters. The first-order valence-electron chi connectivity index (χ1n) is 7.10. The van der Waals surface area contributed by atoms with Gasteiger partial charge in [0.1, 0.15) is 23.0 Å². The van der Waals surface area contributed by atoms with Crippen LogP contribution in [0.5, 0.6) is 11.5 Å². The number of anilines is 1. The van der Waals surface area contributed by atoms with Crippen LogP contribution in [0.3, 0.4) is 0 Å². The molecule has 6 nitrogen and oxygen atoms in total. The molecule has 0 saturated heterocycles. The molecule has 0 spiro atoms. The fraction of sp³-hybridized carbons (Fsp3) is 0.0588. The van der Waals surface area contributed by atoms with Gasteiger partial charge in [-0.05, 0) is 31.2 Å². The molecule has 0 aliphatic rings. The van der Waals surface area contributed by atoms with Gasteiger partial charge in [0.25, 0.3) is 5.91 Å². The van der Waals surface area contributed by atoms with Crippen LogP contribution in [0.1, 0.15) is 16.2 Å². The van der Waals surface area contributed by atoms with E-state index in [4.69, 9.17) is 4.74 Å². The lowest BCUT2D eigenvalue weighted by Gasteiger charge is -2.09. The molecule has 0 atom stereocenters. The summed E-state index contributed by atoms with van der Waals surface area (Å²) in [6.45, 7) is 1.74. The molecule has 3 rings (SSSR count). The van der Waals surface area contributed by atoms with Crippen molar-refractivity contribution in [1.82, 2.24) is 15.0 Å². The third kappa shape index (κ3) is 3.89. The second-order valence-corrected chi connectivity index (χ2v) is 4.92. The van der Waals surface area contributed by atoms with Crippen LogP contribution in [-0.4, -0.2) is 20.9 Å². The van der Waals surface area contributed by atoms with Crippen molar-refractivity contribution in [2.45, 2.75) is 6.92 Å². The van der Waals surface area contributed by atoms with Crippen LogP contribution in [0.4, 0.5) is 10.2 Å². The molecule has 3 aromatic rings. The highest BCUT2D eigenvalue weighted by Gasteiger charge is 2.12. The molecule has 120 valence electrons. The molecule has 1 N–H and O–H groups in total. The average molecular weight is 324 g/mol. The Kier molecular flexibility index (Phi) is 4.42. The first-order chi connectivity index (χ1) is 11.6. The van der Waals surface area contributed by atoms with Crippen molar-refractivity contribution in [1.29, 1.82) is 0 Å². The molecule has 3 aromatic heterocycles. The van der Waals surface area contributed by atoms with E-state index < -0.39 is 11.9 Å². The molecule has 0 saturated carbocycles. The lowest BCUT2D eigenvalue weighted by Crippen LogP contribution is -2.15. The number of halogens is 1. The Balaban J connectivity index is 1.81. The lowest BCUT2D eigenvalue weighted by molar-refractivity contribution is 0.102. The normalized spacial score (nSPS) is 10.2. The zero-order chi connectivity index (χ0) is 16.9. The highest BCUT2D eigenvalue weighted by molar-refractivity contribution is 6.02. The first-order valence-corrected chi connectivity index (χ1v) is 7.10. The largest absolute Gasteiger partial charge is 0.456 e. The van der Waals surface area contributed by atoms with Gasteiger partial charge in [-0.25, -0.2) is 9.97 Å². The van der Waals surface area contributed by atoms with Crippen molar-refractivity contribution in [2.75, 3.05) is 5.32 Å². The molecule has 0 fully saturated rings. The van der Waals surface area contributed by atoms with Crippen LogP contribution in [-0.2, 0) is 0 Å². The second kappa shape index (κ2) is 6.82. The van der Waals surface area contributed by atoms with E-state index in [9.17, 15) is 9.18 Å². The van der Waals surface area contributed by atoms with Crippen LogP contribution in [0.15, 0.2) is 54.9 Å². The lowest BCUT2D eigenvalue weighted by atomic mass is 10.2. The van der Waals surface area contributed by atoms with E-state index in [1.165, 1.54) is 24.3 Å². The summed E-state index contributed by atoms with van der Waals surface area (Å²) in [4.78, 5) is 24.0. The zero-order valence-electron chi connectivity index (χ0n) is 12.7. The molecule has 0 bridgehead atoms. The van der Waals surface area contributed by atoms with Crippen molar-refractivity contribution in [3.63, 3.8) is 0 Å². The quantitative estimate of drug-likeness (QED) is 0.745. The molecule has 0 aliphatic heterocycles. The zero-order valence-corrected chi connectivity index (χ0v) is 12.7. The number of carbonyl (C=O) groups is 1. The van der Waals surface area contributed by atoms with Crippen molar-refractivity contribution < 1.29 is 13.9 Å². The molecular weight excluding hydrogens is 311 g/mol. The maximum absolute atomic E-state index is 13.1. The Morgan fingerprint density at radius 1 is 1.12 bits per heavy atom. The van der Waals surface area contributed by atoms with Crippen LogP contribution >= 0.6 is 0 Å². The molecule has 1 amide bonds. The summed E-state index contributed by atoms with van der Waals surface area (Å²) in [5.74, 6) is -0.0782. The van der Waals surface area contributed by atoms with E-state index >= 15 is 0 Å². The number of hydrogen-bond acceptors (Lipinski definition) is 5. The number of pyridine rings is 3. The molecule has 0 aliphatic carbocycles. The van der Waals surface area contributed by atoms with Crippen molar-refractivity contribution in [3.8, 4) is 11.5 Å². The third-order valence-electron chi connectivity index (χ3n) is 2.99. The fourth-order valence-electron chi connectivity index (χ4n) is 2.01. The Bertz CT molecular complexity index is 871. The molecule has 7 heteroatoms. The van der Waals surface area contributed by atoms with Crippen LogP contribution in [0.25, 0.3) is 0 Å². The SMILES string of the molecule is Cc1cc(Oc2cccnc2)cc(C(=O)Nc2cccc(F)n2)n1. The van der Waals surface area contributed by atoms with Crippen LogP contribution in [0.2, 0.25) is 0 Å². The maximum Gasteiger partial charge on any atom is 0.275 e. The second-order valence-electron chi connectivity index (χ2n) is 4.92. The number of amides is 1. The minimum absolute atomic E-state index is 0.109. The minimum Gasteiger partial charge on any atom is -0.456 e. The van der Waals surface area contributed by atoms with Crippen molar-refractivity contribution >= 4 is 11.7 Å². The summed E-state index contributed by atoms with van der Waals surface area (Å²) in [5.41, 5.74) is 0.744. The number of aryl methyl sites for hydroxylation is 1. The first kappa shape index (κ1) is 15.5. The number of ether oxygens (including phenoxy) is 1. The highest BCUT2D eigenvalue weighted by Crippen LogP contribution is 2.22. The van der Waals surface area contributed by atoms with Gasteiger partial charge in [-0.15, -0.1) is 0 Å². The maximum atomic E-state index is 13.1. The highest BCUT2D eigenvalue weighted by atomic mass is 19.1. The molecule has 0 aromatic carbocycles. The monoisotopic (exact) mass is 324 g/mol. The van der Waals surface area contributed by atoms with E-state index in [1.54, 1.807) is 37.5 Å². The summed E-state index contributed by atoms with van der Waals surface area (Å²) in [6.07, 6.45) is 3.20. The van der Waals surface area contributed by atoms with E-state index in [0.717, 1.165) is 0 Å². The number of hydrogen-bond donors (Lipinski definition) is 1. The van der Waals surface area contributed by atoms with Gasteiger partial charge >= 0.3 is 0 Å². The third-order valence-corrected chi connectivity index (χ3v) is 2.99. The van der Waals surface area contributed by atoms with Gasteiger partial charge in [-0.1, -0.05) is 6.07 Å². The topological polar surface area (TPSA) is 77.0 Å². The number of nitrogens with one attached hydrogen (secondary N) is 1. The van der Waals surface area contributed by atoms with Crippen molar-refractivity contribution in [2.24, 2.45) is 0 Å². The summed E-state index contributed by atoms with van der Waals surface area (Å²) in [5, 5.41) is 2.50. The van der Waals surface area contributed by atoms with E-state index in [-0.39, 0.29) is 11.5 Å². The standard InChI is InChI=1S/C17H13FN4O2/c1-11-8-13(24-12-4-3-7-19-10-12)9-14(20-11)17(23)22-16-6-2-5-15(18)21-16/h2-10H,1H3,(H,21,22,23). The predicted molar refractivity (Wildman–Crippen MR) is 85.4 cm³/mol. The van der Waals surface area contributed by atoms with Crippen LogP contribution in [0, 0.1) is 12.9 Å². The number of nitrogens with zero attached hydrogens (tertiary/aromatic N) is 3. The Morgan fingerprint density at radius 3 is 2.75 bits per heavy atom. The van der Waals surface area contributed by atoms with Crippen LogP contribution < -0.4 is 10.1 Å². The molecule has 24 heavy (non-hydrogen) atoms. The smallest absolute Gasteiger partial charge is 0.275 e. The summed E-state index contributed by atoms with van der Waals surface area (Å²) >= 11 is 0. The predicted octanol–water partition coefficient (Wildman–Crippen LogP) is 3.36. The number of rotatable bonds is 4. The van der Waals surface area contributed by atoms with E-state index in [2.05, 4.69) is 20.3 Å². The summed E-state index contributed by atoms with van der Waals surface area (Å²) in [7, 11) is 0. The van der Waals surface area contributed by atoms with Gasteiger partial charge in [-0.3, -0.25) is 9.78 Å². The number of aromatic nitrogens is 3. The Morgan fingerprint density at radius 2 is 2.00 bits per heavy atom. The van der Waals surface area contributed by atoms with Gasteiger partial charge in [0.2, 0.25) is 5.95 Å².